The monoisotopic (exact) mass is 320 g/mol. The van der Waals surface area contributed by atoms with Gasteiger partial charge < -0.3 is 24.0 Å². The van der Waals surface area contributed by atoms with E-state index < -0.39 is 0 Å². The molecule has 1 atom stereocenters. The van der Waals surface area contributed by atoms with Crippen LogP contribution >= 0.6 is 0 Å². The van der Waals surface area contributed by atoms with Crippen molar-refractivity contribution in [2.24, 2.45) is 0 Å². The van der Waals surface area contributed by atoms with E-state index >= 15 is 0 Å². The van der Waals surface area contributed by atoms with Crippen LogP contribution < -0.4 is 14.2 Å². The molecular weight excluding hydrogens is 296 g/mol. The predicted molar refractivity (Wildman–Crippen MR) is 86.0 cm³/mol. The maximum Gasteiger partial charge on any atom is 0.260 e. The zero-order valence-electron chi connectivity index (χ0n) is 13.8. The van der Waals surface area contributed by atoms with Gasteiger partial charge >= 0.3 is 0 Å². The fourth-order valence-electron chi connectivity index (χ4n) is 3.05. The Hall–Kier alpha value is -1.95. The quantitative estimate of drug-likeness (QED) is 0.846. The van der Waals surface area contributed by atoms with Crippen LogP contribution in [0.1, 0.15) is 19.3 Å². The van der Waals surface area contributed by atoms with Crippen molar-refractivity contribution in [3.05, 3.63) is 18.2 Å². The Bertz CT molecular complexity index is 562. The molecule has 0 bridgehead atoms. The lowest BCUT2D eigenvalue weighted by Gasteiger charge is -2.23. The summed E-state index contributed by atoms with van der Waals surface area (Å²) in [4.78, 5) is 16.5. The van der Waals surface area contributed by atoms with Crippen molar-refractivity contribution in [1.29, 1.82) is 0 Å². The minimum absolute atomic E-state index is 0.0436. The number of rotatable bonds is 4. The van der Waals surface area contributed by atoms with Crippen molar-refractivity contribution in [3.63, 3.8) is 0 Å². The summed E-state index contributed by atoms with van der Waals surface area (Å²) in [6, 6.07) is 5.92. The Morgan fingerprint density at radius 2 is 2.09 bits per heavy atom. The highest BCUT2D eigenvalue weighted by Gasteiger charge is 2.22. The van der Waals surface area contributed by atoms with Gasteiger partial charge in [-0.25, -0.2) is 0 Å². The topological polar surface area (TPSA) is 51.2 Å². The molecule has 0 aliphatic carbocycles. The van der Waals surface area contributed by atoms with Crippen LogP contribution in [0.25, 0.3) is 0 Å². The molecule has 0 N–H and O–H groups in total. The van der Waals surface area contributed by atoms with Gasteiger partial charge in [0.15, 0.2) is 18.1 Å². The zero-order chi connectivity index (χ0) is 16.2. The smallest absolute Gasteiger partial charge is 0.260 e. The number of fused-ring (bicyclic) bond motifs is 1. The largest absolute Gasteiger partial charge is 0.484 e. The van der Waals surface area contributed by atoms with Crippen molar-refractivity contribution < 1.29 is 19.0 Å². The minimum Gasteiger partial charge on any atom is -0.484 e. The molecule has 0 saturated carbocycles. The number of ether oxygens (including phenoxy) is 3. The van der Waals surface area contributed by atoms with Crippen molar-refractivity contribution in [3.8, 4) is 17.2 Å². The van der Waals surface area contributed by atoms with Gasteiger partial charge in [-0.3, -0.25) is 4.79 Å². The lowest BCUT2D eigenvalue weighted by atomic mass is 10.1. The van der Waals surface area contributed by atoms with Crippen molar-refractivity contribution >= 4 is 5.91 Å². The first kappa shape index (κ1) is 15.9. The molecule has 0 radical (unpaired) electrons. The summed E-state index contributed by atoms with van der Waals surface area (Å²) in [5.41, 5.74) is 0. The third kappa shape index (κ3) is 3.88. The molecule has 0 aromatic heterocycles. The SMILES string of the molecule is CN(C)[C@H]1CCCN(C(=O)COc2ccc3c(c2)OCO3)CC1. The second kappa shape index (κ2) is 7.08. The summed E-state index contributed by atoms with van der Waals surface area (Å²) in [7, 11) is 4.20. The van der Waals surface area contributed by atoms with E-state index in [1.165, 1.54) is 0 Å². The lowest BCUT2D eigenvalue weighted by molar-refractivity contribution is -0.133. The van der Waals surface area contributed by atoms with E-state index in [1.54, 1.807) is 18.2 Å². The third-order valence-corrected chi connectivity index (χ3v) is 4.49. The summed E-state index contributed by atoms with van der Waals surface area (Å²) in [5.74, 6) is 2.05. The van der Waals surface area contributed by atoms with E-state index in [4.69, 9.17) is 14.2 Å². The first-order valence-electron chi connectivity index (χ1n) is 8.10. The number of likely N-dealkylation sites (tertiary alicyclic amines) is 1. The van der Waals surface area contributed by atoms with Crippen molar-refractivity contribution in [1.82, 2.24) is 9.80 Å². The van der Waals surface area contributed by atoms with E-state index in [1.807, 2.05) is 4.90 Å². The molecule has 3 rings (SSSR count). The van der Waals surface area contributed by atoms with E-state index in [-0.39, 0.29) is 19.3 Å². The highest BCUT2D eigenvalue weighted by molar-refractivity contribution is 5.77. The van der Waals surface area contributed by atoms with Gasteiger partial charge in [0.2, 0.25) is 6.79 Å². The fourth-order valence-corrected chi connectivity index (χ4v) is 3.05. The maximum atomic E-state index is 12.4. The molecule has 6 nitrogen and oxygen atoms in total. The number of nitrogens with zero attached hydrogens (tertiary/aromatic N) is 2. The van der Waals surface area contributed by atoms with Gasteiger partial charge in [0.05, 0.1) is 0 Å². The molecule has 2 heterocycles. The van der Waals surface area contributed by atoms with Gasteiger partial charge in [-0.1, -0.05) is 0 Å². The van der Waals surface area contributed by atoms with Gasteiger partial charge in [0.25, 0.3) is 5.91 Å². The highest BCUT2D eigenvalue weighted by atomic mass is 16.7. The van der Waals surface area contributed by atoms with E-state index in [2.05, 4.69) is 19.0 Å². The van der Waals surface area contributed by atoms with Crippen LogP contribution in [0.4, 0.5) is 0 Å². The average molecular weight is 320 g/mol. The Morgan fingerprint density at radius 1 is 1.26 bits per heavy atom. The minimum atomic E-state index is 0.0436. The second-order valence-electron chi connectivity index (χ2n) is 6.23. The number of carbonyl (C=O) groups excluding carboxylic acids is 1. The number of carbonyl (C=O) groups is 1. The Labute approximate surface area is 136 Å². The Morgan fingerprint density at radius 3 is 2.91 bits per heavy atom. The van der Waals surface area contributed by atoms with Gasteiger partial charge in [0.1, 0.15) is 5.75 Å². The van der Waals surface area contributed by atoms with Crippen LogP contribution in [0.5, 0.6) is 17.2 Å². The summed E-state index contributed by atoms with van der Waals surface area (Å²) in [5, 5.41) is 0. The van der Waals surface area contributed by atoms with Crippen LogP contribution in [0.3, 0.4) is 0 Å². The molecule has 0 unspecified atom stereocenters. The number of amides is 1. The predicted octanol–water partition coefficient (Wildman–Crippen LogP) is 1.74. The second-order valence-corrected chi connectivity index (χ2v) is 6.23. The molecule has 1 amide bonds. The summed E-state index contributed by atoms with van der Waals surface area (Å²) in [6.07, 6.45) is 3.20. The molecule has 2 aliphatic rings. The average Bonchev–Trinajstić information content (AvgIpc) is 2.86. The lowest BCUT2D eigenvalue weighted by Crippen LogP contribution is -2.36. The molecule has 0 spiro atoms. The van der Waals surface area contributed by atoms with Crippen molar-refractivity contribution in [2.75, 3.05) is 40.6 Å². The highest BCUT2D eigenvalue weighted by Crippen LogP contribution is 2.35. The zero-order valence-corrected chi connectivity index (χ0v) is 13.8. The Balaban J connectivity index is 1.51. The van der Waals surface area contributed by atoms with Crippen LogP contribution in [-0.2, 0) is 4.79 Å². The number of benzene rings is 1. The Kier molecular flexibility index (Phi) is 4.91. The third-order valence-electron chi connectivity index (χ3n) is 4.49. The summed E-state index contributed by atoms with van der Waals surface area (Å²) in [6.45, 7) is 1.91. The van der Waals surface area contributed by atoms with Gasteiger partial charge in [-0.05, 0) is 45.5 Å². The molecule has 1 fully saturated rings. The molecule has 1 aromatic rings. The van der Waals surface area contributed by atoms with Crippen LogP contribution in [0.15, 0.2) is 18.2 Å². The normalized spacial score (nSPS) is 20.5. The van der Waals surface area contributed by atoms with Crippen LogP contribution in [0.2, 0.25) is 0 Å². The summed E-state index contributed by atoms with van der Waals surface area (Å²) >= 11 is 0. The number of hydrogen-bond acceptors (Lipinski definition) is 5. The molecule has 1 saturated heterocycles. The number of hydrogen-bond donors (Lipinski definition) is 0. The maximum absolute atomic E-state index is 12.4. The van der Waals surface area contributed by atoms with E-state index in [0.29, 0.717) is 23.3 Å². The molecule has 1 aromatic carbocycles. The molecule has 6 heteroatoms. The van der Waals surface area contributed by atoms with Gasteiger partial charge in [-0.2, -0.15) is 0 Å². The van der Waals surface area contributed by atoms with Crippen LogP contribution in [0, 0.1) is 0 Å². The fraction of sp³-hybridized carbons (Fsp3) is 0.588. The van der Waals surface area contributed by atoms with Gasteiger partial charge in [0, 0.05) is 25.2 Å². The first-order chi connectivity index (χ1) is 11.1. The van der Waals surface area contributed by atoms with E-state index in [9.17, 15) is 4.79 Å². The van der Waals surface area contributed by atoms with Crippen molar-refractivity contribution in [2.45, 2.75) is 25.3 Å². The molecule has 2 aliphatic heterocycles. The molecular formula is C17H24N2O4. The first-order valence-corrected chi connectivity index (χ1v) is 8.10. The van der Waals surface area contributed by atoms with Gasteiger partial charge in [-0.15, -0.1) is 0 Å². The molecule has 126 valence electrons. The summed E-state index contributed by atoms with van der Waals surface area (Å²) < 4.78 is 16.2. The standard InChI is InChI=1S/C17H24N2O4/c1-18(2)13-4-3-8-19(9-7-13)17(20)11-21-14-5-6-15-16(10-14)23-12-22-15/h5-6,10,13H,3-4,7-9,11-12H2,1-2H3/t13-/m0/s1. The molecule has 23 heavy (non-hydrogen) atoms. The van der Waals surface area contributed by atoms with Crippen LogP contribution in [-0.4, -0.2) is 62.3 Å². The van der Waals surface area contributed by atoms with E-state index in [0.717, 1.165) is 32.4 Å².